The molecule has 0 saturated carbocycles. The van der Waals surface area contributed by atoms with E-state index >= 15 is 0 Å². The molecule has 6 aromatic rings. The maximum Gasteiger partial charge on any atom is 0.179 e. The highest BCUT2D eigenvalue weighted by molar-refractivity contribution is 6.10. The number of aryl methyl sites for hydroxylation is 1. The number of para-hydroxylation sites is 4. The van der Waals surface area contributed by atoms with Crippen molar-refractivity contribution in [3.8, 4) is 0 Å². The first-order valence-electron chi connectivity index (χ1n) is 11.5. The molecular weight excluding hydrogens is 420 g/mol. The van der Waals surface area contributed by atoms with Crippen LogP contribution in [0.4, 0.5) is 23.0 Å². The molecule has 0 fully saturated rings. The molecular formula is C29H22N4O. The Morgan fingerprint density at radius 3 is 2.09 bits per heavy atom. The van der Waals surface area contributed by atoms with Gasteiger partial charge in [0.15, 0.2) is 17.2 Å². The van der Waals surface area contributed by atoms with Gasteiger partial charge < -0.3 is 9.32 Å². The van der Waals surface area contributed by atoms with E-state index in [4.69, 9.17) is 14.4 Å². The van der Waals surface area contributed by atoms with Gasteiger partial charge in [0.2, 0.25) is 0 Å². The largest absolute Gasteiger partial charge is 0.454 e. The minimum absolute atomic E-state index is 0.0493. The van der Waals surface area contributed by atoms with Crippen LogP contribution in [0.1, 0.15) is 12.5 Å². The van der Waals surface area contributed by atoms with Crippen LogP contribution in [-0.4, -0.2) is 16.1 Å². The smallest absolute Gasteiger partial charge is 0.179 e. The van der Waals surface area contributed by atoms with E-state index in [1.807, 2.05) is 42.5 Å². The van der Waals surface area contributed by atoms with E-state index in [0.717, 1.165) is 61.5 Å². The van der Waals surface area contributed by atoms with Crippen molar-refractivity contribution in [2.24, 2.45) is 0 Å². The molecule has 0 aliphatic carbocycles. The molecule has 0 saturated heterocycles. The molecule has 34 heavy (non-hydrogen) atoms. The average Bonchev–Trinajstić information content (AvgIpc) is 3.37. The zero-order valence-corrected chi connectivity index (χ0v) is 18.9. The SMILES string of the molecule is Cc1ccc2c(oc3ccccc32)c1N1c2nc3ccccc3nc2N(c2ccccc2)[C@@H]1C. The first-order chi connectivity index (χ1) is 16.7. The number of hydrogen-bond donors (Lipinski definition) is 0. The van der Waals surface area contributed by atoms with Gasteiger partial charge in [-0.05, 0) is 49.7 Å². The maximum atomic E-state index is 6.46. The van der Waals surface area contributed by atoms with Crippen LogP contribution >= 0.6 is 0 Å². The Morgan fingerprint density at radius 2 is 1.32 bits per heavy atom. The van der Waals surface area contributed by atoms with Crippen LogP contribution in [0.15, 0.2) is 95.4 Å². The van der Waals surface area contributed by atoms with Crippen molar-refractivity contribution in [3.63, 3.8) is 0 Å². The summed E-state index contributed by atoms with van der Waals surface area (Å²) in [6, 6.07) is 31.0. The number of aromatic nitrogens is 2. The molecule has 1 aliphatic heterocycles. The Bertz CT molecular complexity index is 1710. The lowest BCUT2D eigenvalue weighted by Crippen LogP contribution is -2.36. The summed E-state index contributed by atoms with van der Waals surface area (Å²) in [6.07, 6.45) is -0.0493. The molecule has 2 aromatic heterocycles. The summed E-state index contributed by atoms with van der Waals surface area (Å²) in [5.41, 5.74) is 6.78. The second kappa shape index (κ2) is 7.06. The van der Waals surface area contributed by atoms with Crippen molar-refractivity contribution < 1.29 is 4.42 Å². The van der Waals surface area contributed by atoms with E-state index in [2.05, 4.69) is 72.2 Å². The minimum atomic E-state index is -0.0493. The first kappa shape index (κ1) is 19.1. The molecule has 5 heteroatoms. The van der Waals surface area contributed by atoms with Gasteiger partial charge in [0.05, 0.1) is 16.7 Å². The van der Waals surface area contributed by atoms with Gasteiger partial charge >= 0.3 is 0 Å². The van der Waals surface area contributed by atoms with E-state index in [1.54, 1.807) is 0 Å². The normalized spacial score (nSPS) is 15.5. The Kier molecular flexibility index (Phi) is 3.97. The second-order valence-corrected chi connectivity index (χ2v) is 8.77. The van der Waals surface area contributed by atoms with Gasteiger partial charge in [-0.25, -0.2) is 9.97 Å². The topological polar surface area (TPSA) is 45.4 Å². The molecule has 3 heterocycles. The summed E-state index contributed by atoms with van der Waals surface area (Å²) in [5, 5.41) is 2.23. The standard InChI is InChI=1S/C29H22N4O/c1-18-16-17-22-21-12-6-9-15-25(21)34-27(22)26(18)33-19(2)32(20-10-4-3-5-11-20)28-29(33)31-24-14-8-7-13-23(24)30-28/h3-17,19H,1-2H3/t19-/m0/s1. The molecule has 0 N–H and O–H groups in total. The van der Waals surface area contributed by atoms with Gasteiger partial charge in [-0.1, -0.05) is 60.7 Å². The molecule has 0 radical (unpaired) electrons. The Hall–Kier alpha value is -4.38. The maximum absolute atomic E-state index is 6.46. The number of fused-ring (bicyclic) bond motifs is 5. The highest BCUT2D eigenvalue weighted by atomic mass is 16.3. The highest BCUT2D eigenvalue weighted by Gasteiger charge is 2.39. The Balaban J connectivity index is 1.55. The van der Waals surface area contributed by atoms with Crippen LogP contribution in [0.3, 0.4) is 0 Å². The quantitative estimate of drug-likeness (QED) is 0.278. The predicted octanol–water partition coefficient (Wildman–Crippen LogP) is 7.47. The third-order valence-corrected chi connectivity index (χ3v) is 6.74. The molecule has 164 valence electrons. The number of rotatable bonds is 2. The van der Waals surface area contributed by atoms with Crippen molar-refractivity contribution in [2.45, 2.75) is 20.0 Å². The Morgan fingerprint density at radius 1 is 0.676 bits per heavy atom. The number of furan rings is 1. The lowest BCUT2D eigenvalue weighted by Gasteiger charge is -2.30. The average molecular weight is 443 g/mol. The fourth-order valence-electron chi connectivity index (χ4n) is 5.17. The van der Waals surface area contributed by atoms with Gasteiger partial charge in [0.1, 0.15) is 11.7 Å². The van der Waals surface area contributed by atoms with Crippen molar-refractivity contribution in [3.05, 3.63) is 96.6 Å². The molecule has 0 bridgehead atoms. The van der Waals surface area contributed by atoms with E-state index < -0.39 is 0 Å². The van der Waals surface area contributed by atoms with E-state index in [1.165, 1.54) is 0 Å². The van der Waals surface area contributed by atoms with Gasteiger partial charge in [-0.2, -0.15) is 0 Å². The number of anilines is 4. The third-order valence-electron chi connectivity index (χ3n) is 6.74. The van der Waals surface area contributed by atoms with Crippen LogP contribution in [0, 0.1) is 6.92 Å². The van der Waals surface area contributed by atoms with Crippen LogP contribution in [0.25, 0.3) is 33.0 Å². The first-order valence-corrected chi connectivity index (χ1v) is 11.5. The van der Waals surface area contributed by atoms with Gasteiger partial charge in [0.25, 0.3) is 0 Å². The van der Waals surface area contributed by atoms with Crippen molar-refractivity contribution in [1.29, 1.82) is 0 Å². The van der Waals surface area contributed by atoms with Crippen LogP contribution in [0.2, 0.25) is 0 Å². The van der Waals surface area contributed by atoms with Crippen molar-refractivity contribution >= 4 is 56.0 Å². The molecule has 1 aliphatic rings. The minimum Gasteiger partial charge on any atom is -0.454 e. The summed E-state index contributed by atoms with van der Waals surface area (Å²) < 4.78 is 6.46. The summed E-state index contributed by atoms with van der Waals surface area (Å²) in [4.78, 5) is 14.7. The molecule has 4 aromatic carbocycles. The molecule has 7 rings (SSSR count). The highest BCUT2D eigenvalue weighted by Crippen LogP contribution is 2.49. The van der Waals surface area contributed by atoms with Crippen LogP contribution in [0.5, 0.6) is 0 Å². The number of nitrogens with zero attached hydrogens (tertiary/aromatic N) is 4. The van der Waals surface area contributed by atoms with Gasteiger partial charge in [-0.3, -0.25) is 4.90 Å². The molecule has 1 atom stereocenters. The van der Waals surface area contributed by atoms with Crippen molar-refractivity contribution in [2.75, 3.05) is 9.80 Å². The zero-order chi connectivity index (χ0) is 22.8. The Labute approximate surface area is 196 Å². The summed E-state index contributed by atoms with van der Waals surface area (Å²) in [7, 11) is 0. The summed E-state index contributed by atoms with van der Waals surface area (Å²) in [5.74, 6) is 1.69. The zero-order valence-electron chi connectivity index (χ0n) is 18.9. The lowest BCUT2D eigenvalue weighted by atomic mass is 10.1. The van der Waals surface area contributed by atoms with E-state index in [-0.39, 0.29) is 6.17 Å². The van der Waals surface area contributed by atoms with Gasteiger partial charge in [0, 0.05) is 16.5 Å². The van der Waals surface area contributed by atoms with Crippen LogP contribution in [-0.2, 0) is 0 Å². The molecule has 5 nitrogen and oxygen atoms in total. The van der Waals surface area contributed by atoms with Crippen LogP contribution < -0.4 is 9.80 Å². The van der Waals surface area contributed by atoms with Gasteiger partial charge in [-0.15, -0.1) is 0 Å². The van der Waals surface area contributed by atoms with E-state index in [0.29, 0.717) is 0 Å². The second-order valence-electron chi connectivity index (χ2n) is 8.77. The fraction of sp³-hybridized carbons (Fsp3) is 0.103. The predicted molar refractivity (Wildman–Crippen MR) is 138 cm³/mol. The third kappa shape index (κ3) is 2.61. The summed E-state index contributed by atoms with van der Waals surface area (Å²) in [6.45, 7) is 4.33. The molecule has 0 unspecified atom stereocenters. The number of benzene rings is 4. The monoisotopic (exact) mass is 442 g/mol. The molecule has 0 amide bonds. The van der Waals surface area contributed by atoms with E-state index in [9.17, 15) is 0 Å². The lowest BCUT2D eigenvalue weighted by molar-refractivity contribution is 0.662. The summed E-state index contributed by atoms with van der Waals surface area (Å²) >= 11 is 0. The fourth-order valence-corrected chi connectivity index (χ4v) is 5.17. The van der Waals surface area contributed by atoms with Crippen molar-refractivity contribution in [1.82, 2.24) is 9.97 Å². The molecule has 0 spiro atoms. The number of hydrogen-bond acceptors (Lipinski definition) is 5.